The molecule has 1 saturated carbocycles. The second-order valence-corrected chi connectivity index (χ2v) is 10.8. The smallest absolute Gasteiger partial charge is 0.459 e. The summed E-state index contributed by atoms with van der Waals surface area (Å²) in [6.07, 6.45) is -2.71. The predicted molar refractivity (Wildman–Crippen MR) is 132 cm³/mol. The number of anilines is 2. The standard InChI is InChI=1S/C22H27FN7O7P/c1-11(18(31)34-4)29-38(33,36-12-8-6-5-7-9-12)37-15-14-22(15,32)21(2,23)19(35-14)30-10-26-13-16(25-3)27-20(24)28-17(13)30/h5-11,14-15,19,32H,1-4H3,(H,29,33)(H3,24,25,27,28)/t11-,14-,15?,19-,21+,22+,38-/m1/s1. The molecule has 1 aliphatic carbocycles. The van der Waals surface area contributed by atoms with E-state index in [0.29, 0.717) is 11.3 Å². The molecular weight excluding hydrogens is 524 g/mol. The molecule has 16 heteroatoms. The van der Waals surface area contributed by atoms with Gasteiger partial charge in [-0.2, -0.15) is 15.1 Å². The Labute approximate surface area is 216 Å². The number of ether oxygens (including phenoxy) is 2. The molecule has 2 fully saturated rings. The highest BCUT2D eigenvalue weighted by atomic mass is 31.2. The van der Waals surface area contributed by atoms with E-state index < -0.39 is 49.5 Å². The van der Waals surface area contributed by atoms with E-state index in [9.17, 15) is 14.5 Å². The number of aromatic nitrogens is 4. The van der Waals surface area contributed by atoms with Crippen LogP contribution in [0.25, 0.3) is 11.2 Å². The number of methoxy groups -OCH3 is 1. The van der Waals surface area contributed by atoms with Gasteiger partial charge in [0.25, 0.3) is 0 Å². The molecule has 38 heavy (non-hydrogen) atoms. The summed E-state index contributed by atoms with van der Waals surface area (Å²) in [5.41, 5.74) is 1.61. The number of rotatable bonds is 9. The van der Waals surface area contributed by atoms with Crippen molar-refractivity contribution in [2.75, 3.05) is 25.2 Å². The topological polar surface area (TPSA) is 185 Å². The van der Waals surface area contributed by atoms with Gasteiger partial charge in [-0.1, -0.05) is 18.2 Å². The summed E-state index contributed by atoms with van der Waals surface area (Å²) in [6, 6.07) is 6.92. The number of hydrogen-bond donors (Lipinski definition) is 4. The van der Waals surface area contributed by atoms with Crippen molar-refractivity contribution in [2.24, 2.45) is 0 Å². The summed E-state index contributed by atoms with van der Waals surface area (Å²) < 4.78 is 53.1. The highest BCUT2D eigenvalue weighted by molar-refractivity contribution is 7.52. The van der Waals surface area contributed by atoms with Gasteiger partial charge in [0.05, 0.1) is 13.4 Å². The minimum Gasteiger partial charge on any atom is -0.468 e. The number of fused-ring (bicyclic) bond motifs is 2. The average Bonchev–Trinajstić information content (AvgIpc) is 3.13. The van der Waals surface area contributed by atoms with Gasteiger partial charge < -0.3 is 30.2 Å². The first-order valence-electron chi connectivity index (χ1n) is 11.6. The maximum Gasteiger partial charge on any atom is 0.459 e. The van der Waals surface area contributed by atoms with E-state index in [1.54, 1.807) is 25.2 Å². The third-order valence-electron chi connectivity index (χ3n) is 6.61. The van der Waals surface area contributed by atoms with Crippen LogP contribution in [-0.4, -0.2) is 74.3 Å². The molecule has 2 aliphatic rings. The lowest BCUT2D eigenvalue weighted by atomic mass is 9.97. The molecule has 3 aromatic rings. The molecule has 5 N–H and O–H groups in total. The quantitative estimate of drug-likeness (QED) is 0.222. The van der Waals surface area contributed by atoms with Crippen molar-refractivity contribution in [3.63, 3.8) is 0 Å². The van der Waals surface area contributed by atoms with Crippen LogP contribution in [-0.2, 0) is 23.4 Å². The van der Waals surface area contributed by atoms with Crippen molar-refractivity contribution in [3.8, 4) is 5.75 Å². The van der Waals surface area contributed by atoms with E-state index in [4.69, 9.17) is 19.5 Å². The highest BCUT2D eigenvalue weighted by Crippen LogP contribution is 2.66. The number of nitrogens with zero attached hydrogens (tertiary/aromatic N) is 4. The van der Waals surface area contributed by atoms with Gasteiger partial charge in [-0.05, 0) is 26.0 Å². The van der Waals surface area contributed by atoms with Crippen LogP contribution in [0, 0.1) is 0 Å². The van der Waals surface area contributed by atoms with E-state index in [0.717, 1.165) is 6.92 Å². The summed E-state index contributed by atoms with van der Waals surface area (Å²) >= 11 is 0. The number of carbonyl (C=O) groups excluding carboxylic acids is 1. The Bertz CT molecular complexity index is 1420. The average molecular weight is 551 g/mol. The number of halogens is 1. The van der Waals surface area contributed by atoms with Crippen LogP contribution in [0.15, 0.2) is 36.7 Å². The number of nitrogens with one attached hydrogen (secondary N) is 2. The van der Waals surface area contributed by atoms with Crippen LogP contribution in [0.5, 0.6) is 5.75 Å². The third kappa shape index (κ3) is 4.07. The van der Waals surface area contributed by atoms with Gasteiger partial charge in [0.1, 0.15) is 24.0 Å². The molecule has 1 saturated heterocycles. The summed E-state index contributed by atoms with van der Waals surface area (Å²) in [4.78, 5) is 24.4. The normalized spacial score (nSPS) is 30.3. The van der Waals surface area contributed by atoms with Gasteiger partial charge in [0.2, 0.25) is 5.95 Å². The van der Waals surface area contributed by atoms with Crippen molar-refractivity contribution >= 4 is 36.6 Å². The van der Waals surface area contributed by atoms with Crippen molar-refractivity contribution in [3.05, 3.63) is 36.7 Å². The largest absolute Gasteiger partial charge is 0.468 e. The van der Waals surface area contributed by atoms with E-state index in [-0.39, 0.29) is 17.3 Å². The highest BCUT2D eigenvalue weighted by Gasteiger charge is 2.85. The number of esters is 1. The third-order valence-corrected chi connectivity index (χ3v) is 8.27. The summed E-state index contributed by atoms with van der Waals surface area (Å²) in [5.74, 6) is -0.319. The lowest BCUT2D eigenvalue weighted by Gasteiger charge is -2.31. The molecule has 0 amide bonds. The Kier molecular flexibility index (Phi) is 6.31. The molecule has 2 aromatic heterocycles. The molecule has 1 aliphatic heterocycles. The first kappa shape index (κ1) is 26.3. The van der Waals surface area contributed by atoms with Crippen molar-refractivity contribution in [1.82, 2.24) is 24.6 Å². The number of hydrogen-bond acceptors (Lipinski definition) is 12. The summed E-state index contributed by atoms with van der Waals surface area (Å²) in [7, 11) is -1.58. The molecule has 0 radical (unpaired) electrons. The van der Waals surface area contributed by atoms with Crippen molar-refractivity contribution < 1.29 is 37.4 Å². The van der Waals surface area contributed by atoms with Crippen molar-refractivity contribution in [1.29, 1.82) is 0 Å². The molecule has 0 bridgehead atoms. The van der Waals surface area contributed by atoms with Gasteiger partial charge in [0, 0.05) is 7.05 Å². The Morgan fingerprint density at radius 3 is 2.66 bits per heavy atom. The minimum absolute atomic E-state index is 0.0722. The fraction of sp³-hybridized carbons (Fsp3) is 0.455. The SMILES string of the molecule is CNc1nc(N)nc2c1ncn2[C@@H]1O[C@@H]2C(O[P@@](=O)(N[C@H](C)C(=O)OC)Oc3ccccc3)[C@]2(O)[C@@]1(C)F. The molecule has 5 rings (SSSR count). The zero-order valence-corrected chi connectivity index (χ0v) is 21.8. The fourth-order valence-corrected chi connectivity index (χ4v) is 6.27. The van der Waals surface area contributed by atoms with Crippen LogP contribution >= 0.6 is 7.75 Å². The van der Waals surface area contributed by atoms with Crippen LogP contribution in [0.3, 0.4) is 0 Å². The Morgan fingerprint density at radius 1 is 1.34 bits per heavy atom. The van der Waals surface area contributed by atoms with Gasteiger partial charge in [-0.25, -0.2) is 13.9 Å². The monoisotopic (exact) mass is 551 g/mol. The molecule has 0 spiro atoms. The molecular formula is C22H27FN7O7P. The lowest BCUT2D eigenvalue weighted by Crippen LogP contribution is -2.45. The first-order chi connectivity index (χ1) is 17.9. The predicted octanol–water partition coefficient (Wildman–Crippen LogP) is 1.54. The summed E-state index contributed by atoms with van der Waals surface area (Å²) in [5, 5.41) is 16.7. The molecule has 1 unspecified atom stereocenters. The Hall–Kier alpha value is -3.36. The van der Waals surface area contributed by atoms with Gasteiger partial charge in [-0.3, -0.25) is 13.9 Å². The lowest BCUT2D eigenvalue weighted by molar-refractivity contribution is -0.142. The Balaban J connectivity index is 1.42. The van der Waals surface area contributed by atoms with Crippen molar-refractivity contribution in [2.45, 2.75) is 49.6 Å². The van der Waals surface area contributed by atoms with E-state index in [1.165, 1.54) is 37.1 Å². The van der Waals surface area contributed by atoms with E-state index in [1.807, 2.05) is 0 Å². The molecule has 1 aromatic carbocycles. The number of nitrogens with two attached hydrogens (primary N) is 1. The second-order valence-electron chi connectivity index (χ2n) is 9.12. The van der Waals surface area contributed by atoms with Crippen LogP contribution < -0.4 is 20.7 Å². The minimum atomic E-state index is -4.37. The van der Waals surface area contributed by atoms with Gasteiger partial charge in [0.15, 0.2) is 34.5 Å². The van der Waals surface area contributed by atoms with Crippen LogP contribution in [0.4, 0.5) is 16.2 Å². The number of aliphatic hydroxyl groups is 1. The maximum atomic E-state index is 16.3. The molecule has 14 nitrogen and oxygen atoms in total. The Morgan fingerprint density at radius 2 is 2.05 bits per heavy atom. The number of benzene rings is 1. The first-order valence-corrected chi connectivity index (χ1v) is 13.1. The zero-order chi connectivity index (χ0) is 27.5. The summed E-state index contributed by atoms with van der Waals surface area (Å²) in [6.45, 7) is 2.52. The van der Waals surface area contributed by atoms with Gasteiger partial charge >= 0.3 is 13.7 Å². The van der Waals surface area contributed by atoms with E-state index in [2.05, 4.69) is 30.1 Å². The second kappa shape index (κ2) is 9.13. The number of carbonyl (C=O) groups is 1. The molecule has 7 atom stereocenters. The maximum absolute atomic E-state index is 16.3. The van der Waals surface area contributed by atoms with Crippen LogP contribution in [0.1, 0.15) is 20.1 Å². The van der Waals surface area contributed by atoms with E-state index >= 15 is 4.39 Å². The fourth-order valence-electron chi connectivity index (χ4n) is 4.57. The molecule has 204 valence electrons. The van der Waals surface area contributed by atoms with Crippen LogP contribution in [0.2, 0.25) is 0 Å². The number of imidazole rings is 1. The number of nitrogen functional groups attached to an aromatic ring is 1. The number of para-hydroxylation sites is 1. The van der Waals surface area contributed by atoms with Gasteiger partial charge in [-0.15, -0.1) is 0 Å². The number of alkyl halides is 1. The molecule has 3 heterocycles. The zero-order valence-electron chi connectivity index (χ0n) is 20.9.